The van der Waals surface area contributed by atoms with Gasteiger partial charge >= 0.3 is 0 Å². The maximum absolute atomic E-state index is 9.65. The van der Waals surface area contributed by atoms with Gasteiger partial charge in [-0.3, -0.25) is 5.43 Å². The SMILES string of the molecule is COc1cc(/C=N\Nc2nc(C)nc3sc4c(c23)CCC4)ccc1O. The number of rotatable bonds is 4. The zero-order valence-corrected chi connectivity index (χ0v) is 14.9. The Kier molecular flexibility index (Phi) is 4.01. The van der Waals surface area contributed by atoms with Crippen LogP contribution in [0.4, 0.5) is 5.82 Å². The first-order valence-electron chi connectivity index (χ1n) is 8.10. The molecule has 2 heterocycles. The summed E-state index contributed by atoms with van der Waals surface area (Å²) in [5.41, 5.74) is 5.25. The number of phenols is 1. The maximum atomic E-state index is 9.65. The van der Waals surface area contributed by atoms with Crippen molar-refractivity contribution in [2.45, 2.75) is 26.2 Å². The largest absolute Gasteiger partial charge is 0.504 e. The van der Waals surface area contributed by atoms with Crippen molar-refractivity contribution in [2.75, 3.05) is 12.5 Å². The smallest absolute Gasteiger partial charge is 0.161 e. The van der Waals surface area contributed by atoms with E-state index in [4.69, 9.17) is 4.74 Å². The summed E-state index contributed by atoms with van der Waals surface area (Å²) in [7, 11) is 1.52. The van der Waals surface area contributed by atoms with Gasteiger partial charge in [-0.25, -0.2) is 9.97 Å². The fourth-order valence-corrected chi connectivity index (χ4v) is 4.43. The second-order valence-electron chi connectivity index (χ2n) is 5.96. The van der Waals surface area contributed by atoms with Crippen LogP contribution in [0, 0.1) is 6.92 Å². The molecule has 0 atom stereocenters. The van der Waals surface area contributed by atoms with Crippen LogP contribution in [0.1, 0.15) is 28.2 Å². The number of anilines is 1. The second-order valence-corrected chi connectivity index (χ2v) is 7.04. The minimum absolute atomic E-state index is 0.106. The Morgan fingerprint density at radius 2 is 2.20 bits per heavy atom. The Balaban J connectivity index is 1.65. The van der Waals surface area contributed by atoms with Crippen LogP contribution in [0.25, 0.3) is 10.2 Å². The molecule has 0 saturated carbocycles. The predicted molar refractivity (Wildman–Crippen MR) is 100 cm³/mol. The third-order valence-electron chi connectivity index (χ3n) is 4.26. The number of hydrogen-bond donors (Lipinski definition) is 2. The number of ether oxygens (including phenoxy) is 1. The molecule has 2 N–H and O–H groups in total. The number of benzene rings is 1. The molecule has 128 valence electrons. The summed E-state index contributed by atoms with van der Waals surface area (Å²) in [5, 5.41) is 15.1. The molecule has 25 heavy (non-hydrogen) atoms. The molecule has 3 aromatic rings. The predicted octanol–water partition coefficient (Wildman–Crippen LogP) is 3.65. The monoisotopic (exact) mass is 354 g/mol. The van der Waals surface area contributed by atoms with Crippen LogP contribution in [0.3, 0.4) is 0 Å². The molecule has 0 bridgehead atoms. The van der Waals surface area contributed by atoms with E-state index in [0.29, 0.717) is 5.75 Å². The van der Waals surface area contributed by atoms with Gasteiger partial charge in [0.2, 0.25) is 0 Å². The molecule has 0 saturated heterocycles. The van der Waals surface area contributed by atoms with Gasteiger partial charge in [0.05, 0.1) is 18.7 Å². The fraction of sp³-hybridized carbons (Fsp3) is 0.278. The first-order chi connectivity index (χ1) is 12.2. The molecule has 1 aliphatic rings. The van der Waals surface area contributed by atoms with Gasteiger partial charge in [0.25, 0.3) is 0 Å². The van der Waals surface area contributed by atoms with Gasteiger partial charge in [-0.15, -0.1) is 11.3 Å². The molecule has 0 unspecified atom stereocenters. The van der Waals surface area contributed by atoms with E-state index in [1.165, 1.54) is 24.0 Å². The number of nitrogens with zero attached hydrogens (tertiary/aromatic N) is 3. The topological polar surface area (TPSA) is 79.6 Å². The molecule has 4 rings (SSSR count). The second kappa shape index (κ2) is 6.33. The molecule has 6 nitrogen and oxygen atoms in total. The Hall–Kier alpha value is -2.67. The van der Waals surface area contributed by atoms with Gasteiger partial charge in [-0.05, 0) is 55.5 Å². The van der Waals surface area contributed by atoms with E-state index in [0.717, 1.165) is 40.3 Å². The lowest BCUT2D eigenvalue weighted by Gasteiger charge is -2.05. The Bertz CT molecular complexity index is 981. The molecule has 0 radical (unpaired) electrons. The van der Waals surface area contributed by atoms with E-state index in [9.17, 15) is 5.11 Å². The van der Waals surface area contributed by atoms with Gasteiger partial charge < -0.3 is 9.84 Å². The highest BCUT2D eigenvalue weighted by molar-refractivity contribution is 7.19. The number of nitrogens with one attached hydrogen (secondary N) is 1. The fourth-order valence-electron chi connectivity index (χ4n) is 3.13. The minimum Gasteiger partial charge on any atom is -0.504 e. The van der Waals surface area contributed by atoms with Crippen LogP contribution in [0.2, 0.25) is 0 Å². The lowest BCUT2D eigenvalue weighted by Crippen LogP contribution is -1.99. The minimum atomic E-state index is 0.106. The van der Waals surface area contributed by atoms with Gasteiger partial charge in [-0.1, -0.05) is 0 Å². The van der Waals surface area contributed by atoms with Crippen molar-refractivity contribution in [2.24, 2.45) is 5.10 Å². The Labute approximate surface area is 149 Å². The van der Waals surface area contributed by atoms with Gasteiger partial charge in [-0.2, -0.15) is 5.10 Å². The number of aryl methyl sites for hydroxylation is 3. The summed E-state index contributed by atoms with van der Waals surface area (Å²) in [5.74, 6) is 2.01. The molecule has 1 aliphatic carbocycles. The molecule has 0 aliphatic heterocycles. The average Bonchev–Trinajstić information content (AvgIpc) is 3.16. The Morgan fingerprint density at radius 1 is 1.32 bits per heavy atom. The summed E-state index contributed by atoms with van der Waals surface area (Å²) in [6.45, 7) is 1.89. The first-order valence-corrected chi connectivity index (χ1v) is 8.92. The lowest BCUT2D eigenvalue weighted by molar-refractivity contribution is 0.373. The van der Waals surface area contributed by atoms with Crippen LogP contribution in [-0.2, 0) is 12.8 Å². The van der Waals surface area contributed by atoms with Gasteiger partial charge in [0.1, 0.15) is 10.7 Å². The summed E-state index contributed by atoms with van der Waals surface area (Å²) in [4.78, 5) is 11.6. The van der Waals surface area contributed by atoms with E-state index in [2.05, 4.69) is 20.5 Å². The molecule has 7 heteroatoms. The molecule has 1 aromatic carbocycles. The highest BCUT2D eigenvalue weighted by Gasteiger charge is 2.21. The third kappa shape index (κ3) is 2.91. The van der Waals surface area contributed by atoms with E-state index in [1.54, 1.807) is 35.8 Å². The van der Waals surface area contributed by atoms with E-state index < -0.39 is 0 Å². The van der Waals surface area contributed by atoms with Gasteiger partial charge in [0, 0.05) is 4.88 Å². The van der Waals surface area contributed by atoms with Crippen molar-refractivity contribution >= 4 is 33.6 Å². The molecule has 0 amide bonds. The number of methoxy groups -OCH3 is 1. The standard InChI is InChI=1S/C18H18N4O2S/c1-10-20-17(16-12-4-3-5-15(12)25-18(16)21-10)22-19-9-11-6-7-13(23)14(8-11)24-2/h6-9,23H,3-5H2,1-2H3,(H,20,21,22)/b19-9-. The van der Waals surface area contributed by atoms with Crippen molar-refractivity contribution in [3.8, 4) is 11.5 Å². The number of hydrogen-bond acceptors (Lipinski definition) is 7. The van der Waals surface area contributed by atoms with Crippen molar-refractivity contribution in [3.05, 3.63) is 40.0 Å². The zero-order chi connectivity index (χ0) is 17.4. The normalized spacial score (nSPS) is 13.5. The van der Waals surface area contributed by atoms with E-state index >= 15 is 0 Å². The quantitative estimate of drug-likeness (QED) is 0.552. The number of phenolic OH excluding ortho intramolecular Hbond substituents is 1. The lowest BCUT2D eigenvalue weighted by atomic mass is 10.2. The number of fused-ring (bicyclic) bond motifs is 3. The number of hydrazone groups is 1. The molecule has 2 aromatic heterocycles. The van der Waals surface area contributed by atoms with Gasteiger partial charge in [0.15, 0.2) is 17.3 Å². The highest BCUT2D eigenvalue weighted by Crippen LogP contribution is 2.39. The molecular formula is C18H18N4O2S. The van der Waals surface area contributed by atoms with E-state index in [1.807, 2.05) is 6.92 Å². The van der Waals surface area contributed by atoms with E-state index in [-0.39, 0.29) is 5.75 Å². The van der Waals surface area contributed by atoms with Crippen molar-refractivity contribution in [1.29, 1.82) is 0 Å². The summed E-state index contributed by atoms with van der Waals surface area (Å²) in [6.07, 6.45) is 5.08. The van der Waals surface area contributed by atoms with Crippen LogP contribution < -0.4 is 10.2 Å². The van der Waals surface area contributed by atoms with Crippen LogP contribution >= 0.6 is 11.3 Å². The van der Waals surface area contributed by atoms with Crippen molar-refractivity contribution in [1.82, 2.24) is 9.97 Å². The zero-order valence-electron chi connectivity index (χ0n) is 14.0. The summed E-state index contributed by atoms with van der Waals surface area (Å²) >= 11 is 1.76. The van der Waals surface area contributed by atoms with Crippen LogP contribution in [-0.4, -0.2) is 28.4 Å². The molecular weight excluding hydrogens is 336 g/mol. The molecule has 0 spiro atoms. The maximum Gasteiger partial charge on any atom is 0.161 e. The number of thiophene rings is 1. The Morgan fingerprint density at radius 3 is 3.04 bits per heavy atom. The van der Waals surface area contributed by atoms with Crippen molar-refractivity contribution < 1.29 is 9.84 Å². The number of aromatic hydroxyl groups is 1. The first kappa shape index (κ1) is 15.8. The number of aromatic nitrogens is 2. The summed E-state index contributed by atoms with van der Waals surface area (Å²) in [6, 6.07) is 5.08. The molecule has 0 fully saturated rings. The van der Waals surface area contributed by atoms with Crippen LogP contribution in [0.15, 0.2) is 23.3 Å². The highest BCUT2D eigenvalue weighted by atomic mass is 32.1. The summed E-state index contributed by atoms with van der Waals surface area (Å²) < 4.78 is 5.11. The van der Waals surface area contributed by atoms with Crippen molar-refractivity contribution in [3.63, 3.8) is 0 Å². The third-order valence-corrected chi connectivity index (χ3v) is 5.45. The van der Waals surface area contributed by atoms with Crippen LogP contribution in [0.5, 0.6) is 11.5 Å². The average molecular weight is 354 g/mol.